The summed E-state index contributed by atoms with van der Waals surface area (Å²) in [6.07, 6.45) is -0.852. The van der Waals surface area contributed by atoms with Crippen molar-refractivity contribution >= 4 is 18.2 Å². The van der Waals surface area contributed by atoms with Gasteiger partial charge in [-0.2, -0.15) is 0 Å². The minimum absolute atomic E-state index is 0. The van der Waals surface area contributed by atoms with Crippen LogP contribution in [0.5, 0.6) is 0 Å². The Morgan fingerprint density at radius 2 is 2.33 bits per heavy atom. The van der Waals surface area contributed by atoms with Gasteiger partial charge in [0.2, 0.25) is 0 Å². The minimum atomic E-state index is -1.20. The molecule has 0 bridgehead atoms. The van der Waals surface area contributed by atoms with Gasteiger partial charge in [-0.1, -0.05) is 0 Å². The van der Waals surface area contributed by atoms with Crippen LogP contribution in [0, 0.1) is 0 Å². The first-order chi connectivity index (χ1) is 3.80. The molecule has 0 saturated carbocycles. The topological polar surface area (TPSA) is 29.1 Å². The molecule has 0 radical (unpaired) electrons. The molecule has 1 N–H and O–H groups in total. The average Bonchev–Trinajstić information content (AvgIpc) is 1.77. The second-order valence-electron chi connectivity index (χ2n) is 1.90. The number of piperidine rings is 1. The van der Waals surface area contributed by atoms with Crippen molar-refractivity contribution < 1.29 is 9.18 Å². The first kappa shape index (κ1) is 8.85. The number of hydrogen-bond donors (Lipinski definition) is 1. The number of carbonyl (C=O) groups is 1. The number of carbonyl (C=O) groups excluding carboxylic acids is 1. The van der Waals surface area contributed by atoms with E-state index in [-0.39, 0.29) is 24.7 Å². The van der Waals surface area contributed by atoms with Crippen LogP contribution in [-0.2, 0) is 4.79 Å². The van der Waals surface area contributed by atoms with E-state index < -0.39 is 6.17 Å². The molecule has 0 aromatic carbocycles. The third-order valence-electron chi connectivity index (χ3n) is 1.22. The molecule has 1 heterocycles. The van der Waals surface area contributed by atoms with Gasteiger partial charge < -0.3 is 5.32 Å². The van der Waals surface area contributed by atoms with Gasteiger partial charge in [-0.3, -0.25) is 4.79 Å². The predicted octanol–water partition coefficient (Wildman–Crippen LogP) is 0.309. The molecular formula is C5H9ClFNO. The van der Waals surface area contributed by atoms with Crippen LogP contribution in [0.3, 0.4) is 0 Å². The summed E-state index contributed by atoms with van der Waals surface area (Å²) in [5.74, 6) is -0.309. The van der Waals surface area contributed by atoms with Gasteiger partial charge in [0, 0.05) is 0 Å². The van der Waals surface area contributed by atoms with E-state index in [2.05, 4.69) is 5.32 Å². The lowest BCUT2D eigenvalue weighted by molar-refractivity contribution is -0.124. The van der Waals surface area contributed by atoms with Gasteiger partial charge in [0.1, 0.15) is 0 Å². The van der Waals surface area contributed by atoms with Gasteiger partial charge in [-0.05, 0) is 13.0 Å². The lowest BCUT2D eigenvalue weighted by Gasteiger charge is -2.13. The molecule has 1 unspecified atom stereocenters. The second kappa shape index (κ2) is 3.80. The highest BCUT2D eigenvalue weighted by molar-refractivity contribution is 5.85. The number of rotatable bonds is 0. The molecule has 54 valence electrons. The third-order valence-corrected chi connectivity index (χ3v) is 1.22. The Balaban J connectivity index is 0.000000640. The first-order valence-electron chi connectivity index (χ1n) is 2.68. The van der Waals surface area contributed by atoms with Crippen molar-refractivity contribution in [3.63, 3.8) is 0 Å². The Bertz CT molecular complexity index is 109. The number of Topliss-reactive ketones (excluding diaryl/α,β-unsaturated/α-hetero) is 1. The maximum absolute atomic E-state index is 12.2. The van der Waals surface area contributed by atoms with Gasteiger partial charge in [0.25, 0.3) is 0 Å². The summed E-state index contributed by atoms with van der Waals surface area (Å²) >= 11 is 0. The highest BCUT2D eigenvalue weighted by atomic mass is 35.5. The van der Waals surface area contributed by atoms with E-state index in [4.69, 9.17) is 0 Å². The molecule has 2 nitrogen and oxygen atoms in total. The zero-order valence-corrected chi connectivity index (χ0v) is 5.71. The van der Waals surface area contributed by atoms with Crippen molar-refractivity contribution in [2.24, 2.45) is 0 Å². The standard InChI is InChI=1S/C5H8FNO.ClH/c6-4-1-2-7-3-5(4)8;/h4,7H,1-3H2;1H. The van der Waals surface area contributed by atoms with Crippen LogP contribution in [0.15, 0.2) is 0 Å². The van der Waals surface area contributed by atoms with Crippen LogP contribution < -0.4 is 5.32 Å². The molecule has 0 spiro atoms. The number of ketones is 1. The van der Waals surface area contributed by atoms with Crippen LogP contribution in [0.1, 0.15) is 6.42 Å². The van der Waals surface area contributed by atoms with Crippen LogP contribution in [0.25, 0.3) is 0 Å². The zero-order valence-electron chi connectivity index (χ0n) is 4.89. The van der Waals surface area contributed by atoms with E-state index in [0.717, 1.165) is 0 Å². The van der Waals surface area contributed by atoms with Crippen molar-refractivity contribution in [3.8, 4) is 0 Å². The molecule has 9 heavy (non-hydrogen) atoms. The van der Waals surface area contributed by atoms with Crippen LogP contribution in [0.2, 0.25) is 0 Å². The zero-order chi connectivity index (χ0) is 5.98. The monoisotopic (exact) mass is 153 g/mol. The van der Waals surface area contributed by atoms with E-state index in [0.29, 0.717) is 13.0 Å². The summed E-state index contributed by atoms with van der Waals surface area (Å²) in [6, 6.07) is 0. The molecule has 0 aromatic rings. The van der Waals surface area contributed by atoms with Crippen LogP contribution >= 0.6 is 12.4 Å². The van der Waals surface area contributed by atoms with Crippen LogP contribution in [-0.4, -0.2) is 25.0 Å². The quantitative estimate of drug-likeness (QED) is 0.543. The lowest BCUT2D eigenvalue weighted by atomic mass is 10.1. The summed E-state index contributed by atoms with van der Waals surface area (Å²) in [4.78, 5) is 10.4. The fourth-order valence-corrected chi connectivity index (χ4v) is 0.712. The highest BCUT2D eigenvalue weighted by Crippen LogP contribution is 2.01. The Morgan fingerprint density at radius 1 is 1.67 bits per heavy atom. The van der Waals surface area contributed by atoms with Crippen LogP contribution in [0.4, 0.5) is 4.39 Å². The number of hydrogen-bond acceptors (Lipinski definition) is 2. The fraction of sp³-hybridized carbons (Fsp3) is 0.800. The van der Waals surface area contributed by atoms with Crippen molar-refractivity contribution in [3.05, 3.63) is 0 Å². The summed E-state index contributed by atoms with van der Waals surface area (Å²) in [5, 5.41) is 2.78. The number of halogens is 2. The minimum Gasteiger partial charge on any atom is -0.310 e. The molecule has 1 saturated heterocycles. The Morgan fingerprint density at radius 3 is 2.67 bits per heavy atom. The predicted molar refractivity (Wildman–Crippen MR) is 34.6 cm³/mol. The molecule has 1 aliphatic rings. The Labute approximate surface area is 59.2 Å². The summed E-state index contributed by atoms with van der Waals surface area (Å²) in [5.41, 5.74) is 0. The molecule has 1 aliphatic heterocycles. The molecule has 0 aliphatic carbocycles. The molecule has 1 rings (SSSR count). The lowest BCUT2D eigenvalue weighted by Crippen LogP contribution is -2.37. The summed E-state index contributed by atoms with van der Waals surface area (Å²) < 4.78 is 12.2. The third kappa shape index (κ3) is 2.28. The van der Waals surface area contributed by atoms with Gasteiger partial charge in [0.15, 0.2) is 12.0 Å². The summed E-state index contributed by atoms with van der Waals surface area (Å²) in [6.45, 7) is 0.841. The van der Waals surface area contributed by atoms with E-state index in [1.807, 2.05) is 0 Å². The van der Waals surface area contributed by atoms with Gasteiger partial charge >= 0.3 is 0 Å². The molecular weight excluding hydrogens is 145 g/mol. The first-order valence-corrected chi connectivity index (χ1v) is 2.68. The van der Waals surface area contributed by atoms with E-state index >= 15 is 0 Å². The highest BCUT2D eigenvalue weighted by Gasteiger charge is 2.19. The van der Waals surface area contributed by atoms with Gasteiger partial charge in [-0.15, -0.1) is 12.4 Å². The molecule has 0 aromatic heterocycles. The van der Waals surface area contributed by atoms with Gasteiger partial charge in [0.05, 0.1) is 6.54 Å². The summed E-state index contributed by atoms with van der Waals surface area (Å²) in [7, 11) is 0. The molecule has 1 fully saturated rings. The second-order valence-corrected chi connectivity index (χ2v) is 1.90. The Hall–Kier alpha value is -0.150. The molecule has 1 atom stereocenters. The van der Waals surface area contributed by atoms with Gasteiger partial charge in [-0.25, -0.2) is 4.39 Å². The fourth-order valence-electron chi connectivity index (χ4n) is 0.712. The molecule has 0 amide bonds. The largest absolute Gasteiger partial charge is 0.310 e. The van der Waals surface area contributed by atoms with E-state index in [1.165, 1.54) is 0 Å². The van der Waals surface area contributed by atoms with Crippen molar-refractivity contribution in [2.75, 3.05) is 13.1 Å². The van der Waals surface area contributed by atoms with Crippen molar-refractivity contribution in [2.45, 2.75) is 12.6 Å². The Kier molecular flexibility index (Phi) is 3.73. The SMILES string of the molecule is Cl.O=C1CNCCC1F. The average molecular weight is 154 g/mol. The van der Waals surface area contributed by atoms with E-state index in [9.17, 15) is 9.18 Å². The van der Waals surface area contributed by atoms with E-state index in [1.54, 1.807) is 0 Å². The normalized spacial score (nSPS) is 27.2. The van der Waals surface area contributed by atoms with Crippen molar-refractivity contribution in [1.29, 1.82) is 0 Å². The molecule has 4 heteroatoms. The number of nitrogens with one attached hydrogen (secondary N) is 1. The van der Waals surface area contributed by atoms with Crippen molar-refractivity contribution in [1.82, 2.24) is 5.32 Å². The number of alkyl halides is 1. The maximum Gasteiger partial charge on any atom is 0.180 e. The smallest absolute Gasteiger partial charge is 0.180 e. The maximum atomic E-state index is 12.2.